The highest BCUT2D eigenvalue weighted by atomic mass is 79.9. The van der Waals surface area contributed by atoms with Gasteiger partial charge in [-0.3, -0.25) is 4.31 Å². The molecule has 0 bridgehead atoms. The van der Waals surface area contributed by atoms with Gasteiger partial charge in [-0.2, -0.15) is 0 Å². The molecule has 0 amide bonds. The van der Waals surface area contributed by atoms with E-state index in [0.29, 0.717) is 11.3 Å². The maximum absolute atomic E-state index is 13.7. The van der Waals surface area contributed by atoms with Crippen molar-refractivity contribution in [1.29, 1.82) is 0 Å². The van der Waals surface area contributed by atoms with Crippen LogP contribution in [-0.2, 0) is 10.0 Å². The van der Waals surface area contributed by atoms with Gasteiger partial charge in [-0.05, 0) is 54.5 Å². The summed E-state index contributed by atoms with van der Waals surface area (Å²) in [4.78, 5) is 0.299. The van der Waals surface area contributed by atoms with Gasteiger partial charge in [-0.1, -0.05) is 64.0 Å². The van der Waals surface area contributed by atoms with Crippen LogP contribution in [0.25, 0.3) is 16.5 Å². The molecule has 4 aromatic rings. The molecule has 0 radical (unpaired) electrons. The lowest BCUT2D eigenvalue weighted by Crippen LogP contribution is -2.30. The molecular formula is C25H21BrN2O2S. The van der Waals surface area contributed by atoms with Gasteiger partial charge >= 0.3 is 0 Å². The maximum atomic E-state index is 13.7. The van der Waals surface area contributed by atoms with Crippen molar-refractivity contribution in [3.8, 4) is 0 Å². The molecule has 4 nitrogen and oxygen atoms in total. The molecule has 2 heterocycles. The summed E-state index contributed by atoms with van der Waals surface area (Å²) in [5.41, 5.74) is 4.06. The van der Waals surface area contributed by atoms with Gasteiger partial charge in [0.05, 0.1) is 4.90 Å². The third-order valence-electron chi connectivity index (χ3n) is 5.72. The SMILES string of the molecule is Cc1ccc(S(=O)(=O)N2C=C(c3ccccc3)C[C@H]2n2ccc3cc(Br)ccc32)cc1. The van der Waals surface area contributed by atoms with Gasteiger partial charge in [-0.15, -0.1) is 0 Å². The highest BCUT2D eigenvalue weighted by Crippen LogP contribution is 2.41. The van der Waals surface area contributed by atoms with E-state index in [-0.39, 0.29) is 6.17 Å². The van der Waals surface area contributed by atoms with Crippen molar-refractivity contribution in [3.63, 3.8) is 0 Å². The number of fused-ring (bicyclic) bond motifs is 1. The van der Waals surface area contributed by atoms with Gasteiger partial charge in [0, 0.05) is 34.2 Å². The molecule has 6 heteroatoms. The predicted molar refractivity (Wildman–Crippen MR) is 128 cm³/mol. The lowest BCUT2D eigenvalue weighted by atomic mass is 10.0. The lowest BCUT2D eigenvalue weighted by Gasteiger charge is -2.27. The molecular weight excluding hydrogens is 472 g/mol. The van der Waals surface area contributed by atoms with Gasteiger partial charge in [-0.25, -0.2) is 8.42 Å². The highest BCUT2D eigenvalue weighted by molar-refractivity contribution is 9.10. The quantitative estimate of drug-likeness (QED) is 0.333. The minimum atomic E-state index is -3.72. The van der Waals surface area contributed by atoms with E-state index in [1.165, 1.54) is 4.31 Å². The minimum Gasteiger partial charge on any atom is -0.325 e. The van der Waals surface area contributed by atoms with Crippen LogP contribution in [0, 0.1) is 6.92 Å². The van der Waals surface area contributed by atoms with Crippen molar-refractivity contribution in [2.75, 3.05) is 0 Å². The second kappa shape index (κ2) is 7.70. The van der Waals surface area contributed by atoms with Crippen LogP contribution in [0.3, 0.4) is 0 Å². The molecule has 3 aromatic carbocycles. The topological polar surface area (TPSA) is 42.3 Å². The molecule has 0 fully saturated rings. The summed E-state index contributed by atoms with van der Waals surface area (Å²) in [6.07, 6.45) is 3.98. The molecule has 1 atom stereocenters. The third-order valence-corrected chi connectivity index (χ3v) is 7.99. The van der Waals surface area contributed by atoms with Crippen molar-refractivity contribution in [1.82, 2.24) is 8.87 Å². The smallest absolute Gasteiger partial charge is 0.265 e. The number of aromatic nitrogens is 1. The second-order valence-electron chi connectivity index (χ2n) is 7.78. The van der Waals surface area contributed by atoms with Crippen LogP contribution in [0.15, 0.2) is 101 Å². The fourth-order valence-corrected chi connectivity index (χ4v) is 5.97. The summed E-state index contributed by atoms with van der Waals surface area (Å²) in [6, 6.07) is 25.1. The van der Waals surface area contributed by atoms with E-state index in [2.05, 4.69) is 20.5 Å². The molecule has 31 heavy (non-hydrogen) atoms. The summed E-state index contributed by atoms with van der Waals surface area (Å²) >= 11 is 3.52. The highest BCUT2D eigenvalue weighted by Gasteiger charge is 2.36. The summed E-state index contributed by atoms with van der Waals surface area (Å²) in [6.45, 7) is 1.95. The molecule has 156 valence electrons. The Morgan fingerprint density at radius 3 is 2.42 bits per heavy atom. The molecule has 5 rings (SSSR count). The Kier molecular flexibility index (Phi) is 4.99. The number of aryl methyl sites for hydroxylation is 1. The number of benzene rings is 3. The van der Waals surface area contributed by atoms with Gasteiger partial charge in [0.2, 0.25) is 0 Å². The molecule has 1 aliphatic rings. The standard InChI is InChI=1S/C25H21BrN2O2S/c1-18-7-10-23(11-8-18)31(29,30)28-17-21(19-5-3-2-4-6-19)16-25(28)27-14-13-20-15-22(26)9-12-24(20)27/h2-15,17,25H,16H2,1H3/t25-/m0/s1. The van der Waals surface area contributed by atoms with Crippen LogP contribution in [0.2, 0.25) is 0 Å². The van der Waals surface area contributed by atoms with Gasteiger partial charge in [0.25, 0.3) is 10.0 Å². The zero-order valence-electron chi connectivity index (χ0n) is 16.9. The molecule has 0 saturated heterocycles. The molecule has 0 N–H and O–H groups in total. The minimum absolute atomic E-state index is 0.299. The Morgan fingerprint density at radius 2 is 1.68 bits per heavy atom. The van der Waals surface area contributed by atoms with E-state index < -0.39 is 10.0 Å². The summed E-state index contributed by atoms with van der Waals surface area (Å²) in [5, 5.41) is 1.07. The van der Waals surface area contributed by atoms with Crippen molar-refractivity contribution in [2.45, 2.75) is 24.4 Å². The predicted octanol–water partition coefficient (Wildman–Crippen LogP) is 6.35. The normalized spacial score (nSPS) is 16.6. The van der Waals surface area contributed by atoms with Crippen molar-refractivity contribution in [2.24, 2.45) is 0 Å². The number of hydrogen-bond donors (Lipinski definition) is 0. The Bertz CT molecular complexity index is 1390. The van der Waals surface area contributed by atoms with E-state index in [9.17, 15) is 8.42 Å². The lowest BCUT2D eigenvalue weighted by molar-refractivity contribution is 0.345. The molecule has 0 saturated carbocycles. The van der Waals surface area contributed by atoms with Gasteiger partial charge < -0.3 is 4.57 Å². The summed E-state index contributed by atoms with van der Waals surface area (Å²) < 4.78 is 31.9. The second-order valence-corrected chi connectivity index (χ2v) is 10.5. The van der Waals surface area contributed by atoms with E-state index in [1.807, 2.05) is 79.9 Å². The average molecular weight is 493 g/mol. The first-order valence-electron chi connectivity index (χ1n) is 10.1. The molecule has 1 aromatic heterocycles. The number of halogens is 1. The summed E-state index contributed by atoms with van der Waals surface area (Å²) in [7, 11) is -3.72. The fraction of sp³-hybridized carbons (Fsp3) is 0.120. The number of nitrogens with zero attached hydrogens (tertiary/aromatic N) is 2. The third kappa shape index (κ3) is 3.60. The first-order valence-corrected chi connectivity index (χ1v) is 12.3. The van der Waals surface area contributed by atoms with E-state index in [4.69, 9.17) is 0 Å². The molecule has 0 unspecified atom stereocenters. The first-order chi connectivity index (χ1) is 14.9. The number of hydrogen-bond acceptors (Lipinski definition) is 2. The van der Waals surface area contributed by atoms with Crippen LogP contribution in [0.1, 0.15) is 23.7 Å². The average Bonchev–Trinajstić information content (AvgIpc) is 3.39. The van der Waals surface area contributed by atoms with E-state index >= 15 is 0 Å². The van der Waals surface area contributed by atoms with E-state index in [0.717, 1.165) is 32.1 Å². The molecule has 1 aliphatic heterocycles. The van der Waals surface area contributed by atoms with Crippen molar-refractivity contribution >= 4 is 42.4 Å². The zero-order valence-corrected chi connectivity index (χ0v) is 19.3. The van der Waals surface area contributed by atoms with Crippen molar-refractivity contribution in [3.05, 3.63) is 107 Å². The molecule has 0 spiro atoms. The largest absolute Gasteiger partial charge is 0.325 e. The number of sulfonamides is 1. The first kappa shape index (κ1) is 20.1. The van der Waals surface area contributed by atoms with Crippen LogP contribution in [0.5, 0.6) is 0 Å². The van der Waals surface area contributed by atoms with Crippen LogP contribution < -0.4 is 0 Å². The Balaban J connectivity index is 1.64. The van der Waals surface area contributed by atoms with Crippen LogP contribution >= 0.6 is 15.9 Å². The zero-order chi connectivity index (χ0) is 21.6. The monoisotopic (exact) mass is 492 g/mol. The van der Waals surface area contributed by atoms with Crippen LogP contribution in [0.4, 0.5) is 0 Å². The van der Waals surface area contributed by atoms with Gasteiger partial charge in [0.1, 0.15) is 6.17 Å². The Hall–Kier alpha value is -2.83. The van der Waals surface area contributed by atoms with E-state index in [1.54, 1.807) is 18.3 Å². The van der Waals surface area contributed by atoms with Gasteiger partial charge in [0.15, 0.2) is 0 Å². The number of rotatable bonds is 4. The Morgan fingerprint density at radius 1 is 0.935 bits per heavy atom. The molecule has 0 aliphatic carbocycles. The van der Waals surface area contributed by atoms with Crippen molar-refractivity contribution < 1.29 is 8.42 Å². The summed E-state index contributed by atoms with van der Waals surface area (Å²) in [5.74, 6) is 0. The Labute approximate surface area is 190 Å². The fourth-order valence-electron chi connectivity index (χ4n) is 4.10. The maximum Gasteiger partial charge on any atom is 0.265 e. The van der Waals surface area contributed by atoms with Crippen LogP contribution in [-0.4, -0.2) is 17.3 Å².